The van der Waals surface area contributed by atoms with Gasteiger partial charge in [-0.05, 0) is 42.1 Å². The van der Waals surface area contributed by atoms with Gasteiger partial charge in [0.2, 0.25) is 0 Å². The van der Waals surface area contributed by atoms with Crippen LogP contribution < -0.4 is 14.9 Å². The highest BCUT2D eigenvalue weighted by Gasteiger charge is 2.33. The third kappa shape index (κ3) is 5.07. The van der Waals surface area contributed by atoms with E-state index in [1.165, 1.54) is 29.8 Å². The Morgan fingerprint density at radius 2 is 2.00 bits per heavy atom. The molecule has 2 aromatic heterocycles. The van der Waals surface area contributed by atoms with Crippen LogP contribution in [-0.4, -0.2) is 28.7 Å². The lowest BCUT2D eigenvalue weighted by Crippen LogP contribution is -2.39. The van der Waals surface area contributed by atoms with Crippen molar-refractivity contribution in [3.05, 3.63) is 88.2 Å². The van der Waals surface area contributed by atoms with Crippen LogP contribution in [0.15, 0.2) is 62.8 Å². The molecule has 3 aromatic rings. The monoisotopic (exact) mass is 490 g/mol. The van der Waals surface area contributed by atoms with Gasteiger partial charge in [-0.25, -0.2) is 9.79 Å². The van der Waals surface area contributed by atoms with Crippen molar-refractivity contribution in [2.24, 2.45) is 4.99 Å². The number of halogens is 1. The average molecular weight is 491 g/mol. The van der Waals surface area contributed by atoms with Gasteiger partial charge < -0.3 is 9.84 Å². The summed E-state index contributed by atoms with van der Waals surface area (Å²) in [5, 5.41) is 9.93. The molecule has 1 unspecified atom stereocenters. The maximum atomic E-state index is 13.3. The third-order valence-corrected chi connectivity index (χ3v) is 6.53. The lowest BCUT2D eigenvalue weighted by atomic mass is 10.0. The number of aromatic nitrogens is 1. The van der Waals surface area contributed by atoms with Crippen LogP contribution in [0, 0.1) is 0 Å². The van der Waals surface area contributed by atoms with Crippen LogP contribution in [-0.2, 0) is 14.3 Å². The lowest BCUT2D eigenvalue weighted by molar-refractivity contribution is -0.137. The van der Waals surface area contributed by atoms with Gasteiger partial charge in [-0.15, -0.1) is 11.3 Å². The summed E-state index contributed by atoms with van der Waals surface area (Å²) >= 11 is 8.83. The number of ether oxygens (including phenoxy) is 1. The normalized spacial score (nSPS) is 15.4. The Hall–Kier alpha value is -3.01. The molecular weight excluding hydrogens is 472 g/mol. The summed E-state index contributed by atoms with van der Waals surface area (Å²) in [5.74, 6) is -1.32. The minimum absolute atomic E-state index is 0.198. The van der Waals surface area contributed by atoms with E-state index in [9.17, 15) is 9.59 Å². The molecule has 1 aliphatic rings. The minimum Gasteiger partial charge on any atom is -0.481 e. The fraction of sp³-hybridized carbons (Fsp3) is 0.182. The van der Waals surface area contributed by atoms with Crippen LogP contribution in [0.4, 0.5) is 0 Å². The number of carboxylic acids is 1. The van der Waals surface area contributed by atoms with Crippen molar-refractivity contribution in [2.45, 2.75) is 19.9 Å². The zero-order valence-corrected chi connectivity index (χ0v) is 19.8. The predicted octanol–water partition coefficient (Wildman–Crippen LogP) is 3.21. The smallest absolute Gasteiger partial charge is 0.338 e. The highest BCUT2D eigenvalue weighted by atomic mass is 35.5. The van der Waals surface area contributed by atoms with E-state index in [2.05, 4.69) is 4.99 Å². The van der Waals surface area contributed by atoms with Crippen LogP contribution in [0.1, 0.15) is 30.3 Å². The number of carbonyl (C=O) groups excluding carboxylic acids is 1. The first-order chi connectivity index (χ1) is 15.2. The van der Waals surface area contributed by atoms with Crippen LogP contribution in [0.3, 0.4) is 0 Å². The number of fused-ring (bicyclic) bond motifs is 1. The minimum atomic E-state index is -0.833. The van der Waals surface area contributed by atoms with E-state index in [-0.39, 0.29) is 5.56 Å². The molecule has 0 spiro atoms. The molecule has 1 N–H and O–H groups in total. The molecule has 10 heteroatoms. The maximum absolute atomic E-state index is 13.3. The number of thiophene rings is 1. The van der Waals surface area contributed by atoms with E-state index in [4.69, 9.17) is 26.2 Å². The van der Waals surface area contributed by atoms with Crippen molar-refractivity contribution in [3.8, 4) is 0 Å². The zero-order valence-electron chi connectivity index (χ0n) is 17.4. The van der Waals surface area contributed by atoms with Crippen molar-refractivity contribution in [2.75, 3.05) is 7.11 Å². The Morgan fingerprint density at radius 3 is 2.59 bits per heavy atom. The van der Waals surface area contributed by atoms with E-state index in [1.54, 1.807) is 29.7 Å². The van der Waals surface area contributed by atoms with Crippen LogP contribution in [0.5, 0.6) is 0 Å². The van der Waals surface area contributed by atoms with Crippen molar-refractivity contribution < 1.29 is 19.4 Å². The number of aliphatic carboxylic acids is 1. The maximum Gasteiger partial charge on any atom is 0.338 e. The van der Waals surface area contributed by atoms with Crippen molar-refractivity contribution in [1.82, 2.24) is 4.57 Å². The van der Waals surface area contributed by atoms with E-state index in [0.29, 0.717) is 25.6 Å². The molecular formula is C22H19ClN2O5S2. The largest absolute Gasteiger partial charge is 0.481 e. The average Bonchev–Trinajstić information content (AvgIpc) is 3.35. The molecule has 1 aliphatic heterocycles. The molecule has 0 radical (unpaired) electrons. The topological polar surface area (TPSA) is 98.0 Å². The Morgan fingerprint density at radius 1 is 1.28 bits per heavy atom. The number of benzene rings is 1. The summed E-state index contributed by atoms with van der Waals surface area (Å²) in [5.41, 5.74) is 1.57. The number of carboxylic acid groups (broad SMARTS) is 1. The van der Waals surface area contributed by atoms with Crippen molar-refractivity contribution in [3.63, 3.8) is 0 Å². The van der Waals surface area contributed by atoms with Gasteiger partial charge in [0.05, 0.1) is 22.9 Å². The summed E-state index contributed by atoms with van der Waals surface area (Å²) in [6.45, 7) is 2.85. The molecule has 1 aromatic carbocycles. The molecule has 0 saturated carbocycles. The van der Waals surface area contributed by atoms with Crippen LogP contribution in [0.25, 0.3) is 6.08 Å². The van der Waals surface area contributed by atoms with E-state index < -0.39 is 18.0 Å². The van der Waals surface area contributed by atoms with Gasteiger partial charge in [-0.2, -0.15) is 0 Å². The van der Waals surface area contributed by atoms with Gasteiger partial charge in [-0.1, -0.05) is 41.1 Å². The first-order valence-corrected chi connectivity index (χ1v) is 11.4. The van der Waals surface area contributed by atoms with Crippen molar-refractivity contribution in [1.29, 1.82) is 0 Å². The summed E-state index contributed by atoms with van der Waals surface area (Å²) < 4.78 is 7.08. The summed E-state index contributed by atoms with van der Waals surface area (Å²) in [6.07, 6.45) is 1.79. The number of esters is 1. The molecule has 32 heavy (non-hydrogen) atoms. The van der Waals surface area contributed by atoms with E-state index in [0.717, 1.165) is 17.4 Å². The quantitative estimate of drug-likeness (QED) is 0.568. The van der Waals surface area contributed by atoms with Gasteiger partial charge in [-0.3, -0.25) is 14.2 Å². The zero-order chi connectivity index (χ0) is 23.4. The second kappa shape index (κ2) is 10.1. The number of thiazole rings is 1. The molecule has 0 bridgehead atoms. The first kappa shape index (κ1) is 23.6. The van der Waals surface area contributed by atoms with Gasteiger partial charge >= 0.3 is 5.97 Å². The molecule has 0 fully saturated rings. The number of allylic oxidation sites excluding steroid dienone is 1. The number of rotatable bonds is 3. The van der Waals surface area contributed by atoms with E-state index in [1.807, 2.05) is 29.6 Å². The first-order valence-electron chi connectivity index (χ1n) is 9.32. The van der Waals surface area contributed by atoms with Crippen LogP contribution >= 0.6 is 34.3 Å². The summed E-state index contributed by atoms with van der Waals surface area (Å²) in [4.78, 5) is 40.7. The second-order valence-electron chi connectivity index (χ2n) is 6.66. The van der Waals surface area contributed by atoms with Gasteiger partial charge in [0.25, 0.3) is 11.5 Å². The van der Waals surface area contributed by atoms with Crippen molar-refractivity contribution >= 4 is 52.3 Å². The number of carbonyl (C=O) groups is 2. The fourth-order valence-electron chi connectivity index (χ4n) is 3.16. The molecule has 0 saturated heterocycles. The summed E-state index contributed by atoms with van der Waals surface area (Å²) in [7, 11) is 1.33. The third-order valence-electron chi connectivity index (χ3n) is 4.39. The Labute approximate surface area is 196 Å². The van der Waals surface area contributed by atoms with Gasteiger partial charge in [0, 0.05) is 16.8 Å². The SMILES string of the molecule is CC(=O)O.COC(=O)C1=C(C)N=c2s/c(=C/c3cccc(Cl)c3)c(=O)n2C1c1cccs1. The highest BCUT2D eigenvalue weighted by molar-refractivity contribution is 7.10. The van der Waals surface area contributed by atoms with E-state index >= 15 is 0 Å². The molecule has 0 aliphatic carbocycles. The van der Waals surface area contributed by atoms with Gasteiger partial charge in [0.1, 0.15) is 6.04 Å². The number of nitrogens with zero attached hydrogens (tertiary/aromatic N) is 2. The second-order valence-corrected chi connectivity index (χ2v) is 9.09. The highest BCUT2D eigenvalue weighted by Crippen LogP contribution is 2.32. The molecule has 166 valence electrons. The van der Waals surface area contributed by atoms with Gasteiger partial charge in [0.15, 0.2) is 4.80 Å². The molecule has 0 amide bonds. The number of hydrogen-bond donors (Lipinski definition) is 1. The molecule has 1 atom stereocenters. The Bertz CT molecular complexity index is 1370. The molecule has 3 heterocycles. The molecule has 4 rings (SSSR count). The number of methoxy groups -OCH3 is 1. The van der Waals surface area contributed by atoms with Crippen LogP contribution in [0.2, 0.25) is 5.02 Å². The Kier molecular flexibility index (Phi) is 7.44. The standard InChI is InChI=1S/C20H15ClN2O3S2.C2H4O2/c1-11-16(19(25)26-2)17(14-7-4-8-27-14)23-18(24)15(28-20(23)22-11)10-12-5-3-6-13(21)9-12;1-2(3)4/h3-10,17H,1-2H3;1H3,(H,3,4)/b15-10+;. The fourth-order valence-corrected chi connectivity index (χ4v) is 5.23. The lowest BCUT2D eigenvalue weighted by Gasteiger charge is -2.22. The predicted molar refractivity (Wildman–Crippen MR) is 125 cm³/mol. The Balaban J connectivity index is 0.000000668. The number of hydrogen-bond acceptors (Lipinski definition) is 7. The molecule has 7 nitrogen and oxygen atoms in total. The summed E-state index contributed by atoms with van der Waals surface area (Å²) in [6, 6.07) is 10.5.